The Kier molecular flexibility index (Phi) is 5.93. The van der Waals surface area contributed by atoms with Crippen molar-refractivity contribution < 1.29 is 23.6 Å². The summed E-state index contributed by atoms with van der Waals surface area (Å²) in [5.41, 5.74) is 6.15. The molecule has 8 heteroatoms. The minimum Gasteiger partial charge on any atom is -0.274 e. The van der Waals surface area contributed by atoms with Gasteiger partial charge in [-0.25, -0.2) is 4.39 Å². The molecule has 162 valence electrons. The molecule has 3 aromatic carbocycles. The van der Waals surface area contributed by atoms with E-state index < -0.39 is 17.6 Å². The molecule has 0 saturated heterocycles. The van der Waals surface area contributed by atoms with Gasteiger partial charge >= 0.3 is 0 Å². The van der Waals surface area contributed by atoms with Gasteiger partial charge in [0, 0.05) is 29.5 Å². The Hall–Kier alpha value is -4.07. The lowest BCUT2D eigenvalue weighted by molar-refractivity contribution is -0.128. The summed E-state index contributed by atoms with van der Waals surface area (Å²) in [5.74, 6) is -2.05. The maximum atomic E-state index is 12.9. The Balaban J connectivity index is 1.28. The average molecular weight is 433 g/mol. The first-order valence-electron chi connectivity index (χ1n) is 10.1. The lowest BCUT2D eigenvalue weighted by Gasteiger charge is -2.27. The third kappa shape index (κ3) is 4.34. The highest BCUT2D eigenvalue weighted by molar-refractivity contribution is 6.25. The largest absolute Gasteiger partial charge is 0.274 e. The van der Waals surface area contributed by atoms with E-state index >= 15 is 0 Å². The number of halogens is 1. The van der Waals surface area contributed by atoms with Gasteiger partial charge in [-0.05, 0) is 41.6 Å². The highest BCUT2D eigenvalue weighted by Crippen LogP contribution is 2.30. The number of imide groups is 1. The Morgan fingerprint density at radius 3 is 2.03 bits per heavy atom. The molecule has 0 spiro atoms. The van der Waals surface area contributed by atoms with Gasteiger partial charge in [0.1, 0.15) is 5.82 Å². The molecule has 0 bridgehead atoms. The van der Waals surface area contributed by atoms with Crippen LogP contribution in [0.4, 0.5) is 4.39 Å². The fourth-order valence-corrected chi connectivity index (χ4v) is 3.72. The number of rotatable bonds is 6. The van der Waals surface area contributed by atoms with E-state index in [4.69, 9.17) is 0 Å². The molecular weight excluding hydrogens is 413 g/mol. The molecule has 4 amide bonds. The molecule has 1 aliphatic rings. The van der Waals surface area contributed by atoms with Crippen LogP contribution >= 0.6 is 0 Å². The molecule has 0 aromatic heterocycles. The normalized spacial score (nSPS) is 12.7. The standard InChI is InChI=1S/C24H20FN3O4/c25-17-11-9-15(10-12-17)14-21(30)27-26-20(29)8-3-13-28-23(31)18-6-1-4-16-5-2-7-19(22(16)18)24(28)32/h1-2,4-7,9-12H,3,8,13-14H2,(H,26,29)(H,27,30). The van der Waals surface area contributed by atoms with Gasteiger partial charge in [0.15, 0.2) is 0 Å². The van der Waals surface area contributed by atoms with Gasteiger partial charge in [0.25, 0.3) is 11.8 Å². The number of carbonyl (C=O) groups is 4. The molecule has 0 radical (unpaired) electrons. The van der Waals surface area contributed by atoms with Crippen molar-refractivity contribution >= 4 is 34.4 Å². The minimum absolute atomic E-state index is 0.0116. The minimum atomic E-state index is -0.448. The van der Waals surface area contributed by atoms with Gasteiger partial charge in [0.2, 0.25) is 11.8 Å². The average Bonchev–Trinajstić information content (AvgIpc) is 2.79. The Morgan fingerprint density at radius 2 is 1.41 bits per heavy atom. The summed E-state index contributed by atoms with van der Waals surface area (Å²) in [6.07, 6.45) is 0.247. The van der Waals surface area contributed by atoms with Crippen molar-refractivity contribution in [3.05, 3.63) is 83.2 Å². The van der Waals surface area contributed by atoms with Crippen LogP contribution in [0.25, 0.3) is 10.8 Å². The van der Waals surface area contributed by atoms with Crippen LogP contribution in [0.15, 0.2) is 60.7 Å². The zero-order valence-corrected chi connectivity index (χ0v) is 17.1. The summed E-state index contributed by atoms with van der Waals surface area (Å²) in [6, 6.07) is 16.1. The van der Waals surface area contributed by atoms with E-state index in [1.165, 1.54) is 24.3 Å². The van der Waals surface area contributed by atoms with Gasteiger partial charge < -0.3 is 0 Å². The molecule has 3 aromatic rings. The van der Waals surface area contributed by atoms with Crippen molar-refractivity contribution in [2.24, 2.45) is 0 Å². The van der Waals surface area contributed by atoms with E-state index in [1.807, 2.05) is 12.1 Å². The van der Waals surface area contributed by atoms with E-state index in [0.717, 1.165) is 10.3 Å². The van der Waals surface area contributed by atoms with E-state index in [-0.39, 0.29) is 37.6 Å². The van der Waals surface area contributed by atoms with Crippen molar-refractivity contribution in [2.45, 2.75) is 19.3 Å². The van der Waals surface area contributed by atoms with E-state index in [9.17, 15) is 23.6 Å². The van der Waals surface area contributed by atoms with Crippen LogP contribution in [0.1, 0.15) is 39.1 Å². The molecule has 1 heterocycles. The summed E-state index contributed by atoms with van der Waals surface area (Å²) in [5, 5.41) is 1.49. The number of hydrazine groups is 1. The lowest BCUT2D eigenvalue weighted by Crippen LogP contribution is -2.43. The third-order valence-electron chi connectivity index (χ3n) is 5.26. The second-order valence-corrected chi connectivity index (χ2v) is 7.47. The predicted molar refractivity (Wildman–Crippen MR) is 115 cm³/mol. The van der Waals surface area contributed by atoms with Crippen LogP contribution in [0.2, 0.25) is 0 Å². The van der Waals surface area contributed by atoms with Crippen LogP contribution in [0, 0.1) is 5.82 Å². The molecule has 1 aliphatic heterocycles. The van der Waals surface area contributed by atoms with Crippen molar-refractivity contribution in [1.82, 2.24) is 15.8 Å². The molecule has 7 nitrogen and oxygen atoms in total. The molecule has 0 aliphatic carbocycles. The van der Waals surface area contributed by atoms with Crippen LogP contribution in [-0.4, -0.2) is 35.1 Å². The highest BCUT2D eigenvalue weighted by atomic mass is 19.1. The van der Waals surface area contributed by atoms with Gasteiger partial charge in [-0.2, -0.15) is 0 Å². The van der Waals surface area contributed by atoms with Gasteiger partial charge in [0.05, 0.1) is 6.42 Å². The highest BCUT2D eigenvalue weighted by Gasteiger charge is 2.32. The molecule has 4 rings (SSSR count). The van der Waals surface area contributed by atoms with Crippen molar-refractivity contribution in [3.8, 4) is 0 Å². The Morgan fingerprint density at radius 1 is 0.812 bits per heavy atom. The maximum absolute atomic E-state index is 12.9. The van der Waals surface area contributed by atoms with Crippen molar-refractivity contribution in [1.29, 1.82) is 0 Å². The summed E-state index contributed by atoms with van der Waals surface area (Å²) in [6.45, 7) is 0.0827. The SMILES string of the molecule is O=C(CCCN1C(=O)c2cccc3cccc(c23)C1=O)NNC(=O)Cc1ccc(F)cc1. The number of hydrogen-bond donors (Lipinski definition) is 2. The van der Waals surface area contributed by atoms with E-state index in [1.54, 1.807) is 24.3 Å². The monoisotopic (exact) mass is 433 g/mol. The van der Waals surface area contributed by atoms with Crippen LogP contribution < -0.4 is 10.9 Å². The predicted octanol–water partition coefficient (Wildman–Crippen LogP) is 2.75. The van der Waals surface area contributed by atoms with E-state index in [0.29, 0.717) is 22.1 Å². The van der Waals surface area contributed by atoms with Crippen LogP contribution in [0.3, 0.4) is 0 Å². The zero-order chi connectivity index (χ0) is 22.7. The fraction of sp³-hybridized carbons (Fsp3) is 0.167. The van der Waals surface area contributed by atoms with Crippen LogP contribution in [-0.2, 0) is 16.0 Å². The Bertz CT molecular complexity index is 1170. The number of hydrogen-bond acceptors (Lipinski definition) is 4. The smallest absolute Gasteiger partial charge is 0.261 e. The quantitative estimate of drug-likeness (QED) is 0.462. The molecule has 0 atom stereocenters. The second kappa shape index (κ2) is 8.97. The first kappa shape index (κ1) is 21.2. The fourth-order valence-electron chi connectivity index (χ4n) is 3.72. The van der Waals surface area contributed by atoms with Crippen molar-refractivity contribution in [2.75, 3.05) is 6.54 Å². The second-order valence-electron chi connectivity index (χ2n) is 7.47. The van der Waals surface area contributed by atoms with Gasteiger partial charge in [-0.3, -0.25) is 34.9 Å². The van der Waals surface area contributed by atoms with Crippen LogP contribution in [0.5, 0.6) is 0 Å². The van der Waals surface area contributed by atoms with E-state index in [2.05, 4.69) is 10.9 Å². The molecular formula is C24H20FN3O4. The third-order valence-corrected chi connectivity index (χ3v) is 5.26. The van der Waals surface area contributed by atoms with Crippen molar-refractivity contribution in [3.63, 3.8) is 0 Å². The number of nitrogens with zero attached hydrogens (tertiary/aromatic N) is 1. The molecule has 32 heavy (non-hydrogen) atoms. The van der Waals surface area contributed by atoms with Gasteiger partial charge in [-0.1, -0.05) is 36.4 Å². The molecule has 0 fully saturated rings. The molecule has 2 N–H and O–H groups in total. The Labute approximate surface area is 183 Å². The zero-order valence-electron chi connectivity index (χ0n) is 17.1. The number of carbonyl (C=O) groups excluding carboxylic acids is 4. The first-order valence-corrected chi connectivity index (χ1v) is 10.1. The summed E-state index contributed by atoms with van der Waals surface area (Å²) >= 11 is 0. The van der Waals surface area contributed by atoms with Gasteiger partial charge in [-0.15, -0.1) is 0 Å². The summed E-state index contributed by atoms with van der Waals surface area (Å²) in [7, 11) is 0. The summed E-state index contributed by atoms with van der Waals surface area (Å²) in [4.78, 5) is 50.7. The maximum Gasteiger partial charge on any atom is 0.261 e. The number of amides is 4. The molecule has 0 unspecified atom stereocenters. The number of nitrogens with one attached hydrogen (secondary N) is 2. The topological polar surface area (TPSA) is 95.6 Å². The lowest BCUT2D eigenvalue weighted by atomic mass is 9.94. The number of benzene rings is 3. The summed E-state index contributed by atoms with van der Waals surface area (Å²) < 4.78 is 12.9. The first-order chi connectivity index (χ1) is 15.4. The molecule has 0 saturated carbocycles.